The summed E-state index contributed by atoms with van der Waals surface area (Å²) < 4.78 is 24.6. The van der Waals surface area contributed by atoms with Gasteiger partial charge >= 0.3 is 17.9 Å². The molecule has 322 valence electrons. The van der Waals surface area contributed by atoms with Crippen molar-refractivity contribution >= 4 is 29.6 Å². The number of fused-ring (bicyclic) bond motifs is 7. The van der Waals surface area contributed by atoms with Crippen molar-refractivity contribution in [1.82, 2.24) is 5.32 Å². The van der Waals surface area contributed by atoms with Crippen LogP contribution < -0.4 is 5.32 Å². The monoisotopic (exact) mass is 829 g/mol. The summed E-state index contributed by atoms with van der Waals surface area (Å²) in [6, 6.07) is 14.0. The van der Waals surface area contributed by atoms with Gasteiger partial charge in [0.1, 0.15) is 30.0 Å². The molecule has 0 radical (unpaired) electrons. The summed E-state index contributed by atoms with van der Waals surface area (Å²) in [5.74, 6) is -5.61. The highest BCUT2D eigenvalue weighted by molar-refractivity contribution is 5.94. The lowest BCUT2D eigenvalue weighted by Gasteiger charge is -2.67. The number of rotatable bonds is 2. The second-order valence-corrected chi connectivity index (χ2v) is 17.7. The maximum Gasteiger partial charge on any atom is 0.338 e. The zero-order valence-electron chi connectivity index (χ0n) is 34.6. The lowest BCUT2D eigenvalue weighted by atomic mass is 9.44. The molecule has 0 aromatic heterocycles. The van der Waals surface area contributed by atoms with Gasteiger partial charge in [0.05, 0.1) is 35.6 Å². The Bertz CT molecular complexity index is 2100. The van der Waals surface area contributed by atoms with Crippen LogP contribution in [0.5, 0.6) is 0 Å². The Kier molecular flexibility index (Phi) is 11.8. The number of carbonyl (C=O) groups is 5. The zero-order valence-corrected chi connectivity index (χ0v) is 34.6. The molecule has 14 heteroatoms. The van der Waals surface area contributed by atoms with Crippen molar-refractivity contribution < 1.29 is 63.3 Å². The van der Waals surface area contributed by atoms with Gasteiger partial charge in [-0.2, -0.15) is 0 Å². The standard InChI is InChI=1S/C46H55NO13/c1-25-30-23-46(56)40(38-44(5,39(53)36(51)34(25)43(46,3)4)31(49)22-32-45(38,24-57-32)60-26(2)48)59-41(54)29-20-15-14-17-27(29)16-10-7-6-8-13-21-33(50)47-35(37(52)42(55)58-30)28-18-11-9-12-19-28/h7,9-12,14-15,17-20,30-32,35-38,40,49,51-52,56H,6,8,13,16,21-24H2,1-5H3,(H,47,50)/b10-7+/t30-,31-,32+,35-,36+,37+,38-,40-,44+,45-,46+/m0/s1. The quantitative estimate of drug-likeness (QED) is 0.167. The summed E-state index contributed by atoms with van der Waals surface area (Å²) in [4.78, 5) is 70.3. The lowest BCUT2D eigenvalue weighted by Crippen LogP contribution is -2.81. The second-order valence-electron chi connectivity index (χ2n) is 17.7. The normalized spacial score (nSPS) is 37.8. The number of amides is 1. The fraction of sp³-hybridized carbons (Fsp3) is 0.543. The molecule has 0 unspecified atom stereocenters. The van der Waals surface area contributed by atoms with E-state index in [4.69, 9.17) is 18.9 Å². The number of Topliss-reactive ketones (excluding diaryl/α,β-unsaturated/α-hetero) is 1. The number of hydrogen-bond donors (Lipinski definition) is 5. The molecule has 3 aliphatic carbocycles. The minimum atomic E-state index is -2.34. The van der Waals surface area contributed by atoms with Crippen molar-refractivity contribution in [1.29, 1.82) is 0 Å². The molecule has 14 nitrogen and oxygen atoms in total. The van der Waals surface area contributed by atoms with Crippen LogP contribution in [0.4, 0.5) is 0 Å². The van der Waals surface area contributed by atoms with Crippen LogP contribution in [-0.2, 0) is 44.5 Å². The first-order valence-electron chi connectivity index (χ1n) is 20.7. The summed E-state index contributed by atoms with van der Waals surface area (Å²) in [6.07, 6.45) is -4.26. The van der Waals surface area contributed by atoms with Gasteiger partial charge in [-0.25, -0.2) is 9.59 Å². The molecule has 2 aromatic rings. The molecule has 5 aliphatic rings. The van der Waals surface area contributed by atoms with Gasteiger partial charge in [-0.05, 0) is 67.9 Å². The van der Waals surface area contributed by atoms with Gasteiger partial charge in [-0.1, -0.05) is 74.5 Å². The van der Waals surface area contributed by atoms with Crippen LogP contribution >= 0.6 is 0 Å². The lowest BCUT2D eigenvalue weighted by molar-refractivity contribution is -0.346. The number of hydrogen-bond acceptors (Lipinski definition) is 13. The van der Waals surface area contributed by atoms with E-state index in [9.17, 15) is 39.6 Å². The first-order valence-corrected chi connectivity index (χ1v) is 20.7. The minimum Gasteiger partial charge on any atom is -0.456 e. The predicted octanol–water partition coefficient (Wildman–Crippen LogP) is 3.52. The Labute approximate surface area is 348 Å². The van der Waals surface area contributed by atoms with Crippen molar-refractivity contribution in [3.8, 4) is 0 Å². The molecule has 2 aliphatic heterocycles. The number of carbonyl (C=O) groups excluding carboxylic acids is 5. The van der Waals surface area contributed by atoms with E-state index < -0.39 is 107 Å². The number of nitrogens with one attached hydrogen (secondary N) is 1. The topological polar surface area (TPSA) is 215 Å². The van der Waals surface area contributed by atoms with Crippen molar-refractivity contribution in [2.75, 3.05) is 6.61 Å². The van der Waals surface area contributed by atoms with Gasteiger partial charge in [-0.3, -0.25) is 14.4 Å². The number of esters is 3. The van der Waals surface area contributed by atoms with Crippen LogP contribution in [0.2, 0.25) is 0 Å². The van der Waals surface area contributed by atoms with E-state index in [1.54, 1.807) is 68.4 Å². The molecule has 1 amide bonds. The Balaban J connectivity index is 1.43. The van der Waals surface area contributed by atoms with Gasteiger partial charge in [-0.15, -0.1) is 0 Å². The minimum absolute atomic E-state index is 0.0353. The molecule has 60 heavy (non-hydrogen) atoms. The number of ketones is 1. The molecular formula is C46H55NO13. The van der Waals surface area contributed by atoms with Crippen LogP contribution in [0.1, 0.15) is 101 Å². The smallest absolute Gasteiger partial charge is 0.338 e. The molecule has 11 atom stereocenters. The second kappa shape index (κ2) is 16.3. The highest BCUT2D eigenvalue weighted by atomic mass is 16.6. The molecule has 2 heterocycles. The third-order valence-corrected chi connectivity index (χ3v) is 14.0. The van der Waals surface area contributed by atoms with Gasteiger partial charge in [0, 0.05) is 31.6 Å². The van der Waals surface area contributed by atoms with E-state index in [-0.39, 0.29) is 36.2 Å². The van der Waals surface area contributed by atoms with Crippen LogP contribution in [0, 0.1) is 16.7 Å². The highest BCUT2D eigenvalue weighted by Gasteiger charge is 2.78. The molecule has 1 saturated heterocycles. The van der Waals surface area contributed by atoms with Crippen LogP contribution in [0.25, 0.3) is 0 Å². The number of ether oxygens (including phenoxy) is 4. The Morgan fingerprint density at radius 2 is 1.62 bits per heavy atom. The SMILES string of the molecule is CC(=O)O[C@@]12CO[C@@H]1C[C@H](O)[C@@]1(C)C(=O)[C@H](O)C3=C(C)[C@@H]4C[C@@](O)([C@@H](OC(=O)c5ccccc5C/C=C/CCCCC(=O)N[C@@H](c5ccccc5)[C@@H](O)C(=O)O4)[C@H]21)C3(C)C. The van der Waals surface area contributed by atoms with Crippen molar-refractivity contribution in [2.24, 2.45) is 16.7 Å². The molecular weight excluding hydrogens is 774 g/mol. The van der Waals surface area contributed by atoms with E-state index in [0.29, 0.717) is 36.8 Å². The molecule has 7 rings (SSSR count). The first-order chi connectivity index (χ1) is 28.4. The largest absolute Gasteiger partial charge is 0.456 e. The third-order valence-electron chi connectivity index (χ3n) is 14.0. The third kappa shape index (κ3) is 7.09. The maximum absolute atomic E-state index is 15.1. The fourth-order valence-electron chi connectivity index (χ4n) is 10.6. The molecule has 0 spiro atoms. The van der Waals surface area contributed by atoms with Crippen molar-refractivity contribution in [2.45, 2.75) is 133 Å². The van der Waals surface area contributed by atoms with E-state index in [1.807, 2.05) is 12.2 Å². The van der Waals surface area contributed by atoms with E-state index in [0.717, 1.165) is 0 Å². The van der Waals surface area contributed by atoms with Crippen LogP contribution in [-0.4, -0.2) is 104 Å². The van der Waals surface area contributed by atoms with Crippen LogP contribution in [0.15, 0.2) is 77.9 Å². The number of benzene rings is 2. The average Bonchev–Trinajstić information content (AvgIpc) is 3.20. The Morgan fingerprint density at radius 3 is 2.30 bits per heavy atom. The molecule has 2 saturated carbocycles. The predicted molar refractivity (Wildman–Crippen MR) is 214 cm³/mol. The molecule has 3 bridgehead atoms. The van der Waals surface area contributed by atoms with Crippen molar-refractivity contribution in [3.63, 3.8) is 0 Å². The summed E-state index contributed by atoms with van der Waals surface area (Å²) in [6.45, 7) is 7.00. The number of aliphatic hydroxyl groups is 4. The summed E-state index contributed by atoms with van der Waals surface area (Å²) >= 11 is 0. The summed E-state index contributed by atoms with van der Waals surface area (Å²) in [5, 5.41) is 52.3. The summed E-state index contributed by atoms with van der Waals surface area (Å²) in [5.41, 5.74) is -6.37. The first kappa shape index (κ1) is 43.4. The van der Waals surface area contributed by atoms with E-state index in [2.05, 4.69) is 5.32 Å². The van der Waals surface area contributed by atoms with Gasteiger partial charge in [0.2, 0.25) is 5.91 Å². The molecule has 5 N–H and O–H groups in total. The van der Waals surface area contributed by atoms with Crippen molar-refractivity contribution in [3.05, 3.63) is 94.6 Å². The van der Waals surface area contributed by atoms with Gasteiger partial charge in [0.15, 0.2) is 17.5 Å². The molecule has 3 fully saturated rings. The van der Waals surface area contributed by atoms with E-state index >= 15 is 4.79 Å². The number of allylic oxidation sites excluding steroid dienone is 2. The zero-order chi connectivity index (χ0) is 43.4. The van der Waals surface area contributed by atoms with Gasteiger partial charge in [0.25, 0.3) is 0 Å². The summed E-state index contributed by atoms with van der Waals surface area (Å²) in [7, 11) is 0. The fourth-order valence-corrected chi connectivity index (χ4v) is 10.6. The Morgan fingerprint density at radius 1 is 0.917 bits per heavy atom. The highest BCUT2D eigenvalue weighted by Crippen LogP contribution is 2.64. The van der Waals surface area contributed by atoms with E-state index in [1.165, 1.54) is 20.8 Å². The molecule has 2 aromatic carbocycles. The van der Waals surface area contributed by atoms with Crippen LogP contribution in [0.3, 0.4) is 0 Å². The van der Waals surface area contributed by atoms with Gasteiger partial charge < -0.3 is 44.7 Å². The Hall–Kier alpha value is -4.73. The number of aliphatic hydroxyl groups excluding tert-OH is 3. The average molecular weight is 830 g/mol. The maximum atomic E-state index is 15.1.